The van der Waals surface area contributed by atoms with E-state index >= 15 is 0 Å². The standard InChI is InChI=1S/C9H14O3/c1-3-7-6(2)9(11)12-8(7)4-5-10/h3,6-8,10H,1,4-5H2,2H3/t6-,7+,8+/m1/s1. The highest BCUT2D eigenvalue weighted by Gasteiger charge is 2.39. The summed E-state index contributed by atoms with van der Waals surface area (Å²) in [7, 11) is 0. The van der Waals surface area contributed by atoms with Crippen LogP contribution in [0.1, 0.15) is 13.3 Å². The molecule has 1 N–H and O–H groups in total. The molecule has 1 fully saturated rings. The molecule has 0 amide bonds. The molecule has 1 heterocycles. The molecule has 0 aromatic carbocycles. The van der Waals surface area contributed by atoms with Crippen molar-refractivity contribution in [2.75, 3.05) is 6.61 Å². The van der Waals surface area contributed by atoms with Crippen molar-refractivity contribution in [1.82, 2.24) is 0 Å². The summed E-state index contributed by atoms with van der Waals surface area (Å²) in [6.07, 6.45) is 2.07. The van der Waals surface area contributed by atoms with Gasteiger partial charge in [-0.3, -0.25) is 4.79 Å². The highest BCUT2D eigenvalue weighted by atomic mass is 16.6. The molecule has 0 unspecified atom stereocenters. The molecule has 1 saturated heterocycles. The first-order valence-corrected chi connectivity index (χ1v) is 4.14. The number of rotatable bonds is 3. The molecule has 0 aromatic rings. The second-order valence-electron chi connectivity index (χ2n) is 3.09. The number of hydrogen-bond donors (Lipinski definition) is 1. The second-order valence-corrected chi connectivity index (χ2v) is 3.09. The molecule has 0 aliphatic carbocycles. The van der Waals surface area contributed by atoms with Gasteiger partial charge in [-0.05, 0) is 0 Å². The number of aliphatic hydroxyl groups is 1. The van der Waals surface area contributed by atoms with Crippen LogP contribution in [0.3, 0.4) is 0 Å². The first-order valence-electron chi connectivity index (χ1n) is 4.14. The Bertz CT molecular complexity index is 188. The van der Waals surface area contributed by atoms with Gasteiger partial charge < -0.3 is 9.84 Å². The normalized spacial score (nSPS) is 34.8. The Morgan fingerprint density at radius 1 is 1.75 bits per heavy atom. The summed E-state index contributed by atoms with van der Waals surface area (Å²) >= 11 is 0. The van der Waals surface area contributed by atoms with E-state index in [1.54, 1.807) is 6.08 Å². The fraction of sp³-hybridized carbons (Fsp3) is 0.667. The second kappa shape index (κ2) is 3.72. The van der Waals surface area contributed by atoms with Crippen LogP contribution in [0.2, 0.25) is 0 Å². The smallest absolute Gasteiger partial charge is 0.309 e. The highest BCUT2D eigenvalue weighted by Crippen LogP contribution is 2.30. The van der Waals surface area contributed by atoms with Gasteiger partial charge in [-0.15, -0.1) is 6.58 Å². The Labute approximate surface area is 72.0 Å². The summed E-state index contributed by atoms with van der Waals surface area (Å²) in [5, 5.41) is 8.69. The Balaban J connectivity index is 2.64. The van der Waals surface area contributed by atoms with Gasteiger partial charge in [0, 0.05) is 18.9 Å². The van der Waals surface area contributed by atoms with E-state index in [-0.39, 0.29) is 30.5 Å². The third kappa shape index (κ3) is 1.50. The molecule has 3 heteroatoms. The third-order valence-electron chi connectivity index (χ3n) is 2.33. The minimum absolute atomic E-state index is 0.0506. The maximum Gasteiger partial charge on any atom is 0.309 e. The van der Waals surface area contributed by atoms with E-state index in [0.717, 1.165) is 0 Å². The van der Waals surface area contributed by atoms with E-state index in [4.69, 9.17) is 9.84 Å². The minimum Gasteiger partial charge on any atom is -0.461 e. The summed E-state index contributed by atoms with van der Waals surface area (Å²) in [5.41, 5.74) is 0. The van der Waals surface area contributed by atoms with Gasteiger partial charge in [0.1, 0.15) is 6.10 Å². The lowest BCUT2D eigenvalue weighted by Crippen LogP contribution is -2.18. The lowest BCUT2D eigenvalue weighted by Gasteiger charge is -2.13. The SMILES string of the molecule is C=C[C@@H]1[C@H](CCO)OC(=O)[C@@H]1C. The van der Waals surface area contributed by atoms with Gasteiger partial charge in [0.2, 0.25) is 0 Å². The zero-order chi connectivity index (χ0) is 9.14. The van der Waals surface area contributed by atoms with Crippen molar-refractivity contribution in [3.8, 4) is 0 Å². The molecular weight excluding hydrogens is 156 g/mol. The Morgan fingerprint density at radius 2 is 2.42 bits per heavy atom. The van der Waals surface area contributed by atoms with E-state index in [1.165, 1.54) is 0 Å². The summed E-state index contributed by atoms with van der Waals surface area (Å²) in [5.74, 6) is -0.234. The minimum atomic E-state index is -0.182. The van der Waals surface area contributed by atoms with Gasteiger partial charge in [0.05, 0.1) is 5.92 Å². The average Bonchev–Trinajstić information content (AvgIpc) is 2.29. The van der Waals surface area contributed by atoms with Crippen molar-refractivity contribution in [3.05, 3.63) is 12.7 Å². The fourth-order valence-electron chi connectivity index (χ4n) is 1.55. The Morgan fingerprint density at radius 3 is 2.92 bits per heavy atom. The number of aliphatic hydroxyl groups excluding tert-OH is 1. The molecule has 3 nitrogen and oxygen atoms in total. The third-order valence-corrected chi connectivity index (χ3v) is 2.33. The number of esters is 1. The number of cyclic esters (lactones) is 1. The maximum absolute atomic E-state index is 11.1. The van der Waals surface area contributed by atoms with Crippen molar-refractivity contribution in [3.63, 3.8) is 0 Å². The fourth-order valence-corrected chi connectivity index (χ4v) is 1.55. The van der Waals surface area contributed by atoms with Crippen LogP contribution < -0.4 is 0 Å². The van der Waals surface area contributed by atoms with E-state index in [2.05, 4.69) is 6.58 Å². The number of carbonyl (C=O) groups is 1. The Hall–Kier alpha value is -0.830. The van der Waals surface area contributed by atoms with Crippen LogP contribution in [0.15, 0.2) is 12.7 Å². The molecule has 0 radical (unpaired) electrons. The lowest BCUT2D eigenvalue weighted by molar-refractivity contribution is -0.144. The molecule has 68 valence electrons. The summed E-state index contributed by atoms with van der Waals surface area (Å²) < 4.78 is 5.05. The van der Waals surface area contributed by atoms with Crippen LogP contribution in [0.4, 0.5) is 0 Å². The van der Waals surface area contributed by atoms with Crippen molar-refractivity contribution in [2.45, 2.75) is 19.4 Å². The van der Waals surface area contributed by atoms with Gasteiger partial charge in [-0.1, -0.05) is 13.0 Å². The zero-order valence-corrected chi connectivity index (χ0v) is 7.19. The molecule has 0 spiro atoms. The summed E-state index contributed by atoms with van der Waals surface area (Å²) in [6.45, 7) is 5.52. The molecule has 0 saturated carbocycles. The highest BCUT2D eigenvalue weighted by molar-refractivity contribution is 5.75. The van der Waals surface area contributed by atoms with E-state index < -0.39 is 0 Å². The van der Waals surface area contributed by atoms with Crippen LogP contribution in [0.5, 0.6) is 0 Å². The van der Waals surface area contributed by atoms with Crippen molar-refractivity contribution in [2.24, 2.45) is 11.8 Å². The first-order chi connectivity index (χ1) is 5.70. The van der Waals surface area contributed by atoms with Crippen LogP contribution >= 0.6 is 0 Å². The van der Waals surface area contributed by atoms with Gasteiger partial charge in [0.25, 0.3) is 0 Å². The van der Waals surface area contributed by atoms with Gasteiger partial charge in [-0.2, -0.15) is 0 Å². The predicted octanol–water partition coefficient (Wildman–Crippen LogP) is 0.732. The molecule has 0 aromatic heterocycles. The molecule has 1 aliphatic heterocycles. The summed E-state index contributed by atoms with van der Waals surface area (Å²) in [6, 6.07) is 0. The van der Waals surface area contributed by atoms with E-state index in [9.17, 15) is 4.79 Å². The number of ether oxygens (including phenoxy) is 1. The largest absolute Gasteiger partial charge is 0.461 e. The number of hydrogen-bond acceptors (Lipinski definition) is 3. The van der Waals surface area contributed by atoms with Crippen LogP contribution in [0.25, 0.3) is 0 Å². The maximum atomic E-state index is 11.1. The van der Waals surface area contributed by atoms with Crippen molar-refractivity contribution >= 4 is 5.97 Å². The van der Waals surface area contributed by atoms with Crippen LogP contribution in [-0.4, -0.2) is 23.8 Å². The molecule has 0 bridgehead atoms. The quantitative estimate of drug-likeness (QED) is 0.501. The summed E-state index contributed by atoms with van der Waals surface area (Å²) in [4.78, 5) is 11.1. The van der Waals surface area contributed by atoms with Gasteiger partial charge in [-0.25, -0.2) is 0 Å². The van der Waals surface area contributed by atoms with Crippen LogP contribution in [0, 0.1) is 11.8 Å². The van der Waals surface area contributed by atoms with Crippen molar-refractivity contribution in [1.29, 1.82) is 0 Å². The van der Waals surface area contributed by atoms with Crippen LogP contribution in [-0.2, 0) is 9.53 Å². The predicted molar refractivity (Wildman–Crippen MR) is 44.4 cm³/mol. The Kier molecular flexibility index (Phi) is 2.87. The van der Waals surface area contributed by atoms with E-state index in [1.807, 2.05) is 6.92 Å². The zero-order valence-electron chi connectivity index (χ0n) is 7.19. The average molecular weight is 170 g/mol. The molecule has 1 aliphatic rings. The topological polar surface area (TPSA) is 46.5 Å². The molecule has 12 heavy (non-hydrogen) atoms. The monoisotopic (exact) mass is 170 g/mol. The van der Waals surface area contributed by atoms with E-state index in [0.29, 0.717) is 6.42 Å². The number of carbonyl (C=O) groups excluding carboxylic acids is 1. The first kappa shape index (κ1) is 9.26. The molecular formula is C9H14O3. The van der Waals surface area contributed by atoms with Crippen molar-refractivity contribution < 1.29 is 14.6 Å². The molecule has 3 atom stereocenters. The lowest BCUT2D eigenvalue weighted by atomic mass is 9.91. The van der Waals surface area contributed by atoms with Gasteiger partial charge in [0.15, 0.2) is 0 Å². The molecule has 1 rings (SSSR count). The van der Waals surface area contributed by atoms with Gasteiger partial charge >= 0.3 is 5.97 Å².